The third kappa shape index (κ3) is 2.24. The number of aromatic nitrogens is 1. The highest BCUT2D eigenvalue weighted by atomic mass is 16.3. The molecule has 16 heavy (non-hydrogen) atoms. The summed E-state index contributed by atoms with van der Waals surface area (Å²) < 4.78 is 5.52. The van der Waals surface area contributed by atoms with Gasteiger partial charge >= 0.3 is 0 Å². The van der Waals surface area contributed by atoms with Crippen molar-refractivity contribution in [1.29, 1.82) is 0 Å². The SMILES string of the molecule is Cc1cc(C(C)Nc2ccncc2)c(C)o1. The predicted octanol–water partition coefficient (Wildman–Crippen LogP) is 3.46. The first kappa shape index (κ1) is 10.7. The number of nitrogens with zero attached hydrogens (tertiary/aromatic N) is 1. The second-order valence-corrected chi connectivity index (χ2v) is 3.97. The first-order valence-corrected chi connectivity index (χ1v) is 5.40. The quantitative estimate of drug-likeness (QED) is 0.853. The summed E-state index contributed by atoms with van der Waals surface area (Å²) in [6.45, 7) is 6.08. The minimum Gasteiger partial charge on any atom is -0.466 e. The first-order chi connectivity index (χ1) is 7.66. The van der Waals surface area contributed by atoms with Gasteiger partial charge in [-0.25, -0.2) is 0 Å². The molecule has 84 valence electrons. The zero-order chi connectivity index (χ0) is 11.5. The molecule has 1 unspecified atom stereocenters. The third-order valence-electron chi connectivity index (χ3n) is 2.61. The lowest BCUT2D eigenvalue weighted by atomic mass is 10.1. The molecule has 0 aliphatic rings. The van der Waals surface area contributed by atoms with E-state index in [0.29, 0.717) is 0 Å². The summed E-state index contributed by atoms with van der Waals surface area (Å²) in [5.41, 5.74) is 2.27. The molecule has 0 fully saturated rings. The van der Waals surface area contributed by atoms with E-state index in [1.54, 1.807) is 12.4 Å². The van der Waals surface area contributed by atoms with E-state index in [1.165, 1.54) is 5.56 Å². The molecule has 1 atom stereocenters. The van der Waals surface area contributed by atoms with Crippen LogP contribution < -0.4 is 5.32 Å². The predicted molar refractivity (Wildman–Crippen MR) is 64.5 cm³/mol. The van der Waals surface area contributed by atoms with Crippen LogP contribution in [0, 0.1) is 13.8 Å². The minimum atomic E-state index is 0.236. The number of pyridine rings is 1. The Labute approximate surface area is 95.5 Å². The van der Waals surface area contributed by atoms with Gasteiger partial charge in [0.1, 0.15) is 11.5 Å². The van der Waals surface area contributed by atoms with Crippen LogP contribution >= 0.6 is 0 Å². The van der Waals surface area contributed by atoms with E-state index in [4.69, 9.17) is 4.42 Å². The van der Waals surface area contributed by atoms with Crippen LogP contribution in [-0.2, 0) is 0 Å². The van der Waals surface area contributed by atoms with Crippen molar-refractivity contribution in [1.82, 2.24) is 4.98 Å². The molecule has 0 amide bonds. The third-order valence-corrected chi connectivity index (χ3v) is 2.61. The van der Waals surface area contributed by atoms with Gasteiger partial charge in [-0.05, 0) is 39.0 Å². The number of hydrogen-bond donors (Lipinski definition) is 1. The van der Waals surface area contributed by atoms with Gasteiger partial charge in [-0.3, -0.25) is 4.98 Å². The molecule has 1 N–H and O–H groups in total. The van der Waals surface area contributed by atoms with Crippen molar-refractivity contribution in [2.45, 2.75) is 26.8 Å². The fraction of sp³-hybridized carbons (Fsp3) is 0.308. The molecule has 2 aromatic heterocycles. The summed E-state index contributed by atoms with van der Waals surface area (Å²) in [6.07, 6.45) is 3.56. The lowest BCUT2D eigenvalue weighted by molar-refractivity contribution is 0.500. The fourth-order valence-electron chi connectivity index (χ4n) is 1.86. The summed E-state index contributed by atoms with van der Waals surface area (Å²) in [4.78, 5) is 3.99. The molecule has 2 heterocycles. The van der Waals surface area contributed by atoms with Crippen molar-refractivity contribution in [2.75, 3.05) is 5.32 Å². The van der Waals surface area contributed by atoms with E-state index < -0.39 is 0 Å². The number of aryl methyl sites for hydroxylation is 2. The number of rotatable bonds is 3. The van der Waals surface area contributed by atoms with Crippen LogP contribution in [0.15, 0.2) is 35.0 Å². The lowest BCUT2D eigenvalue weighted by Crippen LogP contribution is -2.06. The van der Waals surface area contributed by atoms with Crippen molar-refractivity contribution in [2.24, 2.45) is 0 Å². The number of nitrogens with one attached hydrogen (secondary N) is 1. The Hall–Kier alpha value is -1.77. The standard InChI is InChI=1S/C13H16N2O/c1-9-8-13(11(3)16-9)10(2)15-12-4-6-14-7-5-12/h4-8,10H,1-3H3,(H,14,15). The molecular formula is C13H16N2O. The van der Waals surface area contributed by atoms with Gasteiger partial charge in [-0.2, -0.15) is 0 Å². The molecule has 0 bridgehead atoms. The van der Waals surface area contributed by atoms with E-state index in [2.05, 4.69) is 23.3 Å². The molecule has 0 spiro atoms. The second-order valence-electron chi connectivity index (χ2n) is 3.97. The molecule has 0 aliphatic carbocycles. The van der Waals surface area contributed by atoms with Crippen LogP contribution in [0.5, 0.6) is 0 Å². The number of anilines is 1. The van der Waals surface area contributed by atoms with Crippen molar-refractivity contribution in [3.8, 4) is 0 Å². The Bertz CT molecular complexity index is 462. The Kier molecular flexibility index (Phi) is 2.95. The van der Waals surface area contributed by atoms with E-state index in [-0.39, 0.29) is 6.04 Å². The molecule has 2 rings (SSSR count). The lowest BCUT2D eigenvalue weighted by Gasteiger charge is -2.14. The van der Waals surface area contributed by atoms with Crippen LogP contribution in [0.3, 0.4) is 0 Å². The highest BCUT2D eigenvalue weighted by molar-refractivity contribution is 5.44. The highest BCUT2D eigenvalue weighted by Crippen LogP contribution is 2.24. The monoisotopic (exact) mass is 216 g/mol. The number of hydrogen-bond acceptors (Lipinski definition) is 3. The molecule has 0 aliphatic heterocycles. The average Bonchev–Trinajstić information content (AvgIpc) is 2.59. The average molecular weight is 216 g/mol. The van der Waals surface area contributed by atoms with E-state index in [0.717, 1.165) is 17.2 Å². The summed E-state index contributed by atoms with van der Waals surface area (Å²) in [5, 5.41) is 3.41. The molecule has 0 aromatic carbocycles. The molecule has 0 radical (unpaired) electrons. The van der Waals surface area contributed by atoms with E-state index in [1.807, 2.05) is 26.0 Å². The Balaban J connectivity index is 2.14. The summed E-state index contributed by atoms with van der Waals surface area (Å²) in [7, 11) is 0. The van der Waals surface area contributed by atoms with E-state index >= 15 is 0 Å². The molecule has 0 saturated heterocycles. The maximum Gasteiger partial charge on any atom is 0.106 e. The molecule has 3 heteroatoms. The van der Waals surface area contributed by atoms with Crippen LogP contribution in [0.1, 0.15) is 30.0 Å². The molecular weight excluding hydrogens is 200 g/mol. The first-order valence-electron chi connectivity index (χ1n) is 5.40. The molecule has 3 nitrogen and oxygen atoms in total. The topological polar surface area (TPSA) is 38.1 Å². The van der Waals surface area contributed by atoms with Crippen molar-refractivity contribution in [3.05, 3.63) is 47.7 Å². The molecule has 2 aromatic rings. The van der Waals surface area contributed by atoms with Crippen molar-refractivity contribution in [3.63, 3.8) is 0 Å². The summed E-state index contributed by atoms with van der Waals surface area (Å²) in [6, 6.07) is 6.23. The van der Waals surface area contributed by atoms with Gasteiger partial charge in [-0.1, -0.05) is 0 Å². The zero-order valence-corrected chi connectivity index (χ0v) is 9.82. The van der Waals surface area contributed by atoms with Gasteiger partial charge in [-0.15, -0.1) is 0 Å². The van der Waals surface area contributed by atoms with Gasteiger partial charge in [0.2, 0.25) is 0 Å². The fourth-order valence-corrected chi connectivity index (χ4v) is 1.86. The number of furan rings is 1. The van der Waals surface area contributed by atoms with E-state index in [9.17, 15) is 0 Å². The van der Waals surface area contributed by atoms with Gasteiger partial charge in [0.15, 0.2) is 0 Å². The highest BCUT2D eigenvalue weighted by Gasteiger charge is 2.12. The maximum atomic E-state index is 5.52. The molecule has 0 saturated carbocycles. The van der Waals surface area contributed by atoms with Crippen molar-refractivity contribution >= 4 is 5.69 Å². The Morgan fingerprint density at radius 2 is 1.94 bits per heavy atom. The zero-order valence-electron chi connectivity index (χ0n) is 9.82. The van der Waals surface area contributed by atoms with Crippen LogP contribution in [0.25, 0.3) is 0 Å². The van der Waals surface area contributed by atoms with Gasteiger partial charge < -0.3 is 9.73 Å². The Morgan fingerprint density at radius 3 is 2.50 bits per heavy atom. The minimum absolute atomic E-state index is 0.236. The summed E-state index contributed by atoms with van der Waals surface area (Å²) in [5.74, 6) is 1.93. The maximum absolute atomic E-state index is 5.52. The van der Waals surface area contributed by atoms with Gasteiger partial charge in [0, 0.05) is 23.6 Å². The van der Waals surface area contributed by atoms with Crippen LogP contribution in [0.2, 0.25) is 0 Å². The Morgan fingerprint density at radius 1 is 1.25 bits per heavy atom. The smallest absolute Gasteiger partial charge is 0.106 e. The van der Waals surface area contributed by atoms with Gasteiger partial charge in [0.25, 0.3) is 0 Å². The second kappa shape index (κ2) is 4.39. The summed E-state index contributed by atoms with van der Waals surface area (Å²) >= 11 is 0. The van der Waals surface area contributed by atoms with Crippen molar-refractivity contribution < 1.29 is 4.42 Å². The van der Waals surface area contributed by atoms with Crippen LogP contribution in [-0.4, -0.2) is 4.98 Å². The van der Waals surface area contributed by atoms with Gasteiger partial charge in [0.05, 0.1) is 6.04 Å². The largest absolute Gasteiger partial charge is 0.466 e. The van der Waals surface area contributed by atoms with Crippen LogP contribution in [0.4, 0.5) is 5.69 Å². The normalized spacial score (nSPS) is 12.4.